The molecule has 7 heteroatoms. The zero-order valence-electron chi connectivity index (χ0n) is 16.6. The molecular weight excluding hydrogens is 368 g/mol. The molecule has 29 heavy (non-hydrogen) atoms. The lowest BCUT2D eigenvalue weighted by molar-refractivity contribution is -0.122. The third kappa shape index (κ3) is 4.10. The largest absolute Gasteiger partial charge is 0.383 e. The average Bonchev–Trinajstić information content (AvgIpc) is 3.36. The van der Waals surface area contributed by atoms with Gasteiger partial charge in [-0.2, -0.15) is 0 Å². The van der Waals surface area contributed by atoms with Crippen LogP contribution in [0.15, 0.2) is 47.7 Å². The average molecular weight is 394 g/mol. The highest BCUT2D eigenvalue weighted by molar-refractivity contribution is 5.93. The first-order valence-corrected chi connectivity index (χ1v) is 10.1. The fourth-order valence-corrected chi connectivity index (χ4v) is 4.02. The Kier molecular flexibility index (Phi) is 5.76. The molecule has 1 N–H and O–H groups in total. The van der Waals surface area contributed by atoms with Gasteiger partial charge in [0.25, 0.3) is 5.56 Å². The van der Waals surface area contributed by atoms with Crippen LogP contribution in [0.5, 0.6) is 0 Å². The first-order chi connectivity index (χ1) is 14.2. The molecule has 0 aliphatic heterocycles. The van der Waals surface area contributed by atoms with E-state index in [2.05, 4.69) is 10.3 Å². The third-order valence-electron chi connectivity index (χ3n) is 5.50. The summed E-state index contributed by atoms with van der Waals surface area (Å²) in [6.45, 7) is 0.935. The summed E-state index contributed by atoms with van der Waals surface area (Å²) in [6.07, 6.45) is 7.79. The minimum absolute atomic E-state index is 0.0693. The van der Waals surface area contributed by atoms with Crippen LogP contribution < -0.4 is 10.9 Å². The van der Waals surface area contributed by atoms with Crippen LogP contribution in [0.2, 0.25) is 0 Å². The second-order valence-electron chi connectivity index (χ2n) is 7.52. The Balaban J connectivity index is 1.74. The van der Waals surface area contributed by atoms with Crippen LogP contribution in [0.4, 0.5) is 0 Å². The second kappa shape index (κ2) is 8.61. The number of carbonyl (C=O) groups excluding carboxylic acids is 1. The van der Waals surface area contributed by atoms with E-state index in [1.165, 1.54) is 4.57 Å². The summed E-state index contributed by atoms with van der Waals surface area (Å²) in [6, 6.07) is 10.1. The minimum Gasteiger partial charge on any atom is -0.383 e. The van der Waals surface area contributed by atoms with E-state index in [-0.39, 0.29) is 24.1 Å². The number of ether oxygens (including phenoxy) is 1. The van der Waals surface area contributed by atoms with Gasteiger partial charge in [0.15, 0.2) is 0 Å². The first-order valence-electron chi connectivity index (χ1n) is 10.1. The zero-order valence-corrected chi connectivity index (χ0v) is 16.6. The second-order valence-corrected chi connectivity index (χ2v) is 7.52. The van der Waals surface area contributed by atoms with Crippen molar-refractivity contribution >= 4 is 16.9 Å². The summed E-state index contributed by atoms with van der Waals surface area (Å²) in [5.74, 6) is -0.0693. The number of nitrogens with zero attached hydrogens (tertiary/aromatic N) is 3. The van der Waals surface area contributed by atoms with Crippen molar-refractivity contribution in [3.05, 3.63) is 53.2 Å². The number of carbonyl (C=O) groups is 1. The molecule has 0 bridgehead atoms. The molecule has 0 unspecified atom stereocenters. The van der Waals surface area contributed by atoms with E-state index in [1.54, 1.807) is 18.0 Å². The van der Waals surface area contributed by atoms with E-state index in [4.69, 9.17) is 4.74 Å². The fourth-order valence-electron chi connectivity index (χ4n) is 4.02. The van der Waals surface area contributed by atoms with Crippen molar-refractivity contribution in [3.63, 3.8) is 0 Å². The van der Waals surface area contributed by atoms with Crippen molar-refractivity contribution in [1.82, 2.24) is 19.4 Å². The van der Waals surface area contributed by atoms with Gasteiger partial charge in [0.2, 0.25) is 5.91 Å². The van der Waals surface area contributed by atoms with Gasteiger partial charge in [0.05, 0.1) is 19.5 Å². The molecule has 1 aliphatic rings. The van der Waals surface area contributed by atoms with Crippen LogP contribution in [-0.2, 0) is 22.6 Å². The molecule has 0 spiro atoms. The van der Waals surface area contributed by atoms with Gasteiger partial charge in [0.1, 0.15) is 17.6 Å². The summed E-state index contributed by atoms with van der Waals surface area (Å²) in [4.78, 5) is 30.3. The molecular formula is C22H26N4O3. The highest BCUT2D eigenvalue weighted by atomic mass is 16.5. The monoisotopic (exact) mass is 394 g/mol. The number of methoxy groups -OCH3 is 1. The number of fused-ring (bicyclic) bond motifs is 1. The Bertz CT molecular complexity index is 1050. The molecule has 2 aromatic heterocycles. The van der Waals surface area contributed by atoms with E-state index in [0.717, 1.165) is 36.8 Å². The van der Waals surface area contributed by atoms with Gasteiger partial charge in [-0.05, 0) is 18.4 Å². The summed E-state index contributed by atoms with van der Waals surface area (Å²) in [5, 5.41) is 3.10. The summed E-state index contributed by atoms with van der Waals surface area (Å²) in [7, 11) is 1.60. The summed E-state index contributed by atoms with van der Waals surface area (Å²) >= 11 is 0. The van der Waals surface area contributed by atoms with Gasteiger partial charge in [-0.25, -0.2) is 4.98 Å². The lowest BCUT2D eigenvalue weighted by Crippen LogP contribution is -2.35. The number of aromatic nitrogens is 3. The van der Waals surface area contributed by atoms with Crippen molar-refractivity contribution in [3.8, 4) is 11.1 Å². The van der Waals surface area contributed by atoms with Crippen LogP contribution in [0, 0.1) is 0 Å². The molecule has 3 aromatic rings. The number of rotatable bonds is 7. The predicted octanol–water partition coefficient (Wildman–Crippen LogP) is 2.57. The molecule has 1 saturated carbocycles. The number of benzene rings is 1. The highest BCUT2D eigenvalue weighted by Gasteiger charge is 2.20. The third-order valence-corrected chi connectivity index (χ3v) is 5.50. The fraction of sp³-hybridized carbons (Fsp3) is 0.409. The maximum absolute atomic E-state index is 13.1. The van der Waals surface area contributed by atoms with Gasteiger partial charge in [-0.1, -0.05) is 43.2 Å². The van der Waals surface area contributed by atoms with Gasteiger partial charge >= 0.3 is 0 Å². The van der Waals surface area contributed by atoms with Crippen LogP contribution >= 0.6 is 0 Å². The molecule has 7 nitrogen and oxygen atoms in total. The normalized spacial score (nSPS) is 14.5. The molecule has 1 fully saturated rings. The molecule has 2 heterocycles. The SMILES string of the molecule is COCCn1cnc2c(-c3ccccc3)cn(CC(=O)NC3CCCC3)c2c1=O. The maximum atomic E-state index is 13.1. The van der Waals surface area contributed by atoms with E-state index in [0.29, 0.717) is 24.2 Å². The van der Waals surface area contributed by atoms with Gasteiger partial charge in [-0.15, -0.1) is 0 Å². The van der Waals surface area contributed by atoms with Gasteiger partial charge in [0, 0.05) is 24.9 Å². The van der Waals surface area contributed by atoms with Crippen LogP contribution in [0.25, 0.3) is 22.2 Å². The summed E-state index contributed by atoms with van der Waals surface area (Å²) in [5.41, 5.74) is 2.72. The summed E-state index contributed by atoms with van der Waals surface area (Å²) < 4.78 is 8.37. The molecule has 1 aromatic carbocycles. The number of nitrogens with one attached hydrogen (secondary N) is 1. The Labute approximate surface area is 169 Å². The molecule has 0 atom stereocenters. The van der Waals surface area contributed by atoms with Crippen molar-refractivity contribution in [2.75, 3.05) is 13.7 Å². The van der Waals surface area contributed by atoms with Crippen molar-refractivity contribution in [1.29, 1.82) is 0 Å². The Morgan fingerprint density at radius 3 is 2.69 bits per heavy atom. The van der Waals surface area contributed by atoms with Crippen LogP contribution in [0.3, 0.4) is 0 Å². The Morgan fingerprint density at radius 1 is 1.21 bits per heavy atom. The number of amides is 1. The van der Waals surface area contributed by atoms with E-state index in [9.17, 15) is 9.59 Å². The van der Waals surface area contributed by atoms with Crippen LogP contribution in [0.1, 0.15) is 25.7 Å². The molecule has 152 valence electrons. The Morgan fingerprint density at radius 2 is 1.97 bits per heavy atom. The first kappa shape index (κ1) is 19.4. The standard InChI is InChI=1S/C22H26N4O3/c1-29-12-11-25-15-23-20-18(16-7-3-2-4-8-16)13-26(21(20)22(25)28)14-19(27)24-17-9-5-6-10-17/h2-4,7-8,13,15,17H,5-6,9-12,14H2,1H3,(H,24,27). The minimum atomic E-state index is -0.164. The van der Waals surface area contributed by atoms with E-state index in [1.807, 2.05) is 36.5 Å². The van der Waals surface area contributed by atoms with Gasteiger partial charge in [-0.3, -0.25) is 14.2 Å². The quantitative estimate of drug-likeness (QED) is 0.668. The predicted molar refractivity (Wildman–Crippen MR) is 112 cm³/mol. The number of hydrogen-bond acceptors (Lipinski definition) is 4. The molecule has 4 rings (SSSR count). The highest BCUT2D eigenvalue weighted by Crippen LogP contribution is 2.27. The lowest BCUT2D eigenvalue weighted by atomic mass is 10.1. The van der Waals surface area contributed by atoms with E-state index >= 15 is 0 Å². The smallest absolute Gasteiger partial charge is 0.277 e. The van der Waals surface area contributed by atoms with Crippen molar-refractivity contribution < 1.29 is 9.53 Å². The zero-order chi connectivity index (χ0) is 20.2. The topological polar surface area (TPSA) is 78.2 Å². The molecule has 0 radical (unpaired) electrons. The molecule has 0 saturated heterocycles. The van der Waals surface area contributed by atoms with Crippen molar-refractivity contribution in [2.24, 2.45) is 0 Å². The van der Waals surface area contributed by atoms with Gasteiger partial charge < -0.3 is 14.6 Å². The Hall–Kier alpha value is -2.93. The molecule has 1 aliphatic carbocycles. The van der Waals surface area contributed by atoms with E-state index < -0.39 is 0 Å². The number of hydrogen-bond donors (Lipinski definition) is 1. The molecule has 1 amide bonds. The van der Waals surface area contributed by atoms with Crippen molar-refractivity contribution in [2.45, 2.75) is 44.8 Å². The lowest BCUT2D eigenvalue weighted by Gasteiger charge is -2.13. The van der Waals surface area contributed by atoms with Crippen LogP contribution in [-0.4, -0.2) is 39.8 Å². The maximum Gasteiger partial charge on any atom is 0.277 e.